The minimum absolute atomic E-state index is 0.0376. The van der Waals surface area contributed by atoms with Gasteiger partial charge in [0.2, 0.25) is 0 Å². The standard InChI is InChI=1S/C18H19ClFNO2/c1-3-12(2)13-4-7-15(8-5-13)23-11-18(22)21-14-6-9-17(20)16(19)10-14/h4-10,12H,3,11H2,1-2H3,(H,21,22)/t12-/m1/s1. The van der Waals surface area contributed by atoms with E-state index in [-0.39, 0.29) is 17.5 Å². The minimum atomic E-state index is -0.526. The Morgan fingerprint density at radius 2 is 1.96 bits per heavy atom. The van der Waals surface area contributed by atoms with Crippen LogP contribution in [0.3, 0.4) is 0 Å². The summed E-state index contributed by atoms with van der Waals surface area (Å²) >= 11 is 5.66. The third-order valence-electron chi connectivity index (χ3n) is 3.63. The van der Waals surface area contributed by atoms with Crippen LogP contribution in [-0.4, -0.2) is 12.5 Å². The second-order valence-corrected chi connectivity index (χ2v) is 5.75. The van der Waals surface area contributed by atoms with Crippen LogP contribution < -0.4 is 10.1 Å². The molecule has 1 amide bonds. The highest BCUT2D eigenvalue weighted by molar-refractivity contribution is 6.31. The number of amides is 1. The van der Waals surface area contributed by atoms with Gasteiger partial charge in [-0.05, 0) is 48.2 Å². The van der Waals surface area contributed by atoms with Gasteiger partial charge < -0.3 is 10.1 Å². The lowest BCUT2D eigenvalue weighted by atomic mass is 9.99. The SMILES string of the molecule is CC[C@@H](C)c1ccc(OCC(=O)Nc2ccc(F)c(Cl)c2)cc1. The molecule has 0 aromatic heterocycles. The fourth-order valence-corrected chi connectivity index (χ4v) is 2.23. The molecule has 3 nitrogen and oxygen atoms in total. The molecule has 5 heteroatoms. The van der Waals surface area contributed by atoms with Crippen LogP contribution in [0.4, 0.5) is 10.1 Å². The van der Waals surface area contributed by atoms with Crippen molar-refractivity contribution >= 4 is 23.2 Å². The molecule has 1 N–H and O–H groups in total. The van der Waals surface area contributed by atoms with E-state index in [0.29, 0.717) is 17.4 Å². The summed E-state index contributed by atoms with van der Waals surface area (Å²) in [6, 6.07) is 11.7. The molecular formula is C18H19ClFNO2. The maximum Gasteiger partial charge on any atom is 0.262 e. The average Bonchev–Trinajstić information content (AvgIpc) is 2.56. The summed E-state index contributed by atoms with van der Waals surface area (Å²) in [5.74, 6) is 0.265. The molecule has 0 heterocycles. The fourth-order valence-electron chi connectivity index (χ4n) is 2.05. The van der Waals surface area contributed by atoms with Gasteiger partial charge in [0.05, 0.1) is 5.02 Å². The number of benzene rings is 2. The van der Waals surface area contributed by atoms with Gasteiger partial charge >= 0.3 is 0 Å². The quantitative estimate of drug-likeness (QED) is 0.805. The van der Waals surface area contributed by atoms with Gasteiger partial charge in [-0.15, -0.1) is 0 Å². The molecule has 0 unspecified atom stereocenters. The summed E-state index contributed by atoms with van der Waals surface area (Å²) in [6.07, 6.45) is 1.07. The zero-order valence-electron chi connectivity index (χ0n) is 13.1. The predicted molar refractivity (Wildman–Crippen MR) is 90.7 cm³/mol. The maximum atomic E-state index is 13.1. The molecule has 2 aromatic carbocycles. The molecular weight excluding hydrogens is 317 g/mol. The Hall–Kier alpha value is -2.07. The Kier molecular flexibility index (Phi) is 5.99. The Labute approximate surface area is 140 Å². The van der Waals surface area contributed by atoms with E-state index >= 15 is 0 Å². The molecule has 0 aliphatic carbocycles. The highest BCUT2D eigenvalue weighted by Gasteiger charge is 2.07. The number of carbonyl (C=O) groups is 1. The number of carbonyl (C=O) groups excluding carboxylic acids is 1. The van der Waals surface area contributed by atoms with E-state index in [9.17, 15) is 9.18 Å². The van der Waals surface area contributed by atoms with Crippen LogP contribution in [-0.2, 0) is 4.79 Å². The summed E-state index contributed by atoms with van der Waals surface area (Å²) in [7, 11) is 0. The fraction of sp³-hybridized carbons (Fsp3) is 0.278. The first-order valence-electron chi connectivity index (χ1n) is 7.47. The largest absolute Gasteiger partial charge is 0.484 e. The first-order valence-corrected chi connectivity index (χ1v) is 7.85. The van der Waals surface area contributed by atoms with Crippen molar-refractivity contribution < 1.29 is 13.9 Å². The topological polar surface area (TPSA) is 38.3 Å². The van der Waals surface area contributed by atoms with Crippen LogP contribution >= 0.6 is 11.6 Å². The van der Waals surface area contributed by atoms with Crippen LogP contribution in [0.2, 0.25) is 5.02 Å². The Bertz CT molecular complexity index is 673. The van der Waals surface area contributed by atoms with Crippen molar-refractivity contribution in [1.82, 2.24) is 0 Å². The van der Waals surface area contributed by atoms with Gasteiger partial charge in [0.15, 0.2) is 6.61 Å². The van der Waals surface area contributed by atoms with Crippen LogP contribution in [0.15, 0.2) is 42.5 Å². The smallest absolute Gasteiger partial charge is 0.262 e. The third-order valence-corrected chi connectivity index (χ3v) is 3.92. The van der Waals surface area contributed by atoms with E-state index in [2.05, 4.69) is 19.2 Å². The monoisotopic (exact) mass is 335 g/mol. The van der Waals surface area contributed by atoms with Gasteiger partial charge in [-0.3, -0.25) is 4.79 Å². The molecule has 122 valence electrons. The lowest BCUT2D eigenvalue weighted by molar-refractivity contribution is -0.118. The third kappa shape index (κ3) is 4.96. The summed E-state index contributed by atoms with van der Waals surface area (Å²) in [4.78, 5) is 11.8. The van der Waals surface area contributed by atoms with Crippen LogP contribution in [0.5, 0.6) is 5.75 Å². The molecule has 0 aliphatic rings. The van der Waals surface area contributed by atoms with Gasteiger partial charge in [0.1, 0.15) is 11.6 Å². The summed E-state index contributed by atoms with van der Waals surface area (Å²) in [5, 5.41) is 2.57. The van der Waals surface area contributed by atoms with E-state index in [1.165, 1.54) is 23.8 Å². The summed E-state index contributed by atoms with van der Waals surface area (Å²) in [5.41, 5.74) is 1.67. The summed E-state index contributed by atoms with van der Waals surface area (Å²) in [6.45, 7) is 4.18. The van der Waals surface area contributed by atoms with Gasteiger partial charge in [0, 0.05) is 5.69 Å². The number of ether oxygens (including phenoxy) is 1. The van der Waals surface area contributed by atoms with Crippen LogP contribution in [0.1, 0.15) is 31.7 Å². The van der Waals surface area contributed by atoms with Gasteiger partial charge in [-0.1, -0.05) is 37.6 Å². The molecule has 0 spiro atoms. The Morgan fingerprint density at radius 1 is 1.26 bits per heavy atom. The van der Waals surface area contributed by atoms with Crippen LogP contribution in [0, 0.1) is 5.82 Å². The van der Waals surface area contributed by atoms with Crippen molar-refractivity contribution in [1.29, 1.82) is 0 Å². The second-order valence-electron chi connectivity index (χ2n) is 5.34. The molecule has 2 aromatic rings. The van der Waals surface area contributed by atoms with E-state index < -0.39 is 5.82 Å². The molecule has 0 fully saturated rings. The molecule has 1 atom stereocenters. The number of rotatable bonds is 6. The van der Waals surface area contributed by atoms with E-state index in [1.54, 1.807) is 0 Å². The first-order chi connectivity index (χ1) is 11.0. The van der Waals surface area contributed by atoms with Gasteiger partial charge in [-0.2, -0.15) is 0 Å². The van der Waals surface area contributed by atoms with E-state index in [4.69, 9.17) is 16.3 Å². The highest BCUT2D eigenvalue weighted by Crippen LogP contribution is 2.22. The van der Waals surface area contributed by atoms with E-state index in [0.717, 1.165) is 6.42 Å². The highest BCUT2D eigenvalue weighted by atomic mass is 35.5. The zero-order chi connectivity index (χ0) is 16.8. The number of hydrogen-bond acceptors (Lipinski definition) is 2. The van der Waals surface area contributed by atoms with Crippen molar-refractivity contribution in [3.8, 4) is 5.75 Å². The number of nitrogens with one attached hydrogen (secondary N) is 1. The van der Waals surface area contributed by atoms with Crippen molar-refractivity contribution in [3.63, 3.8) is 0 Å². The van der Waals surface area contributed by atoms with Crippen LogP contribution in [0.25, 0.3) is 0 Å². The number of hydrogen-bond donors (Lipinski definition) is 1. The molecule has 0 saturated heterocycles. The van der Waals surface area contributed by atoms with E-state index in [1.807, 2.05) is 24.3 Å². The second kappa shape index (κ2) is 7.97. The minimum Gasteiger partial charge on any atom is -0.484 e. The summed E-state index contributed by atoms with van der Waals surface area (Å²) < 4.78 is 18.5. The maximum absolute atomic E-state index is 13.1. The number of halogens is 2. The molecule has 0 bridgehead atoms. The normalized spacial score (nSPS) is 11.8. The van der Waals surface area contributed by atoms with Gasteiger partial charge in [0.25, 0.3) is 5.91 Å². The molecule has 0 saturated carbocycles. The average molecular weight is 336 g/mol. The van der Waals surface area contributed by atoms with Crippen molar-refractivity contribution in [2.24, 2.45) is 0 Å². The first kappa shape index (κ1) is 17.3. The van der Waals surface area contributed by atoms with Crippen molar-refractivity contribution in [2.75, 3.05) is 11.9 Å². The predicted octanol–water partition coefficient (Wildman–Crippen LogP) is 5.01. The zero-order valence-corrected chi connectivity index (χ0v) is 13.9. The molecule has 2 rings (SSSR count). The Morgan fingerprint density at radius 3 is 2.57 bits per heavy atom. The number of anilines is 1. The molecule has 0 radical (unpaired) electrons. The molecule has 0 aliphatic heterocycles. The lowest BCUT2D eigenvalue weighted by Crippen LogP contribution is -2.20. The van der Waals surface area contributed by atoms with Crippen molar-refractivity contribution in [2.45, 2.75) is 26.2 Å². The van der Waals surface area contributed by atoms with Crippen molar-refractivity contribution in [3.05, 3.63) is 58.9 Å². The Balaban J connectivity index is 1.87. The molecule has 23 heavy (non-hydrogen) atoms. The lowest BCUT2D eigenvalue weighted by Gasteiger charge is -2.11. The van der Waals surface area contributed by atoms with Gasteiger partial charge in [-0.25, -0.2) is 4.39 Å².